The van der Waals surface area contributed by atoms with Gasteiger partial charge in [0.1, 0.15) is 12.1 Å². The van der Waals surface area contributed by atoms with Gasteiger partial charge < -0.3 is 15.2 Å². The number of hydrogen-bond donors (Lipinski definition) is 2. The number of nitrogens with zero attached hydrogens (tertiary/aromatic N) is 4. The van der Waals surface area contributed by atoms with Crippen LogP contribution in [-0.2, 0) is 4.79 Å². The maximum absolute atomic E-state index is 12.2. The normalized spacial score (nSPS) is 16.9. The molecule has 8 nitrogen and oxygen atoms in total. The number of carbonyl (C=O) groups excluding carboxylic acids is 1. The van der Waals surface area contributed by atoms with Crippen molar-refractivity contribution in [3.63, 3.8) is 0 Å². The topological polar surface area (TPSA) is 102 Å². The van der Waals surface area contributed by atoms with Crippen molar-refractivity contribution in [2.45, 2.75) is 32.3 Å². The third-order valence-electron chi connectivity index (χ3n) is 4.52. The zero-order valence-corrected chi connectivity index (χ0v) is 13.6. The molecule has 1 unspecified atom stereocenters. The molecule has 3 rings (SSSR count). The Kier molecular flexibility index (Phi) is 4.75. The minimum absolute atomic E-state index is 0.112. The molecule has 0 radical (unpaired) electrons. The van der Waals surface area contributed by atoms with Crippen molar-refractivity contribution in [3.05, 3.63) is 30.6 Å². The van der Waals surface area contributed by atoms with E-state index in [0.717, 1.165) is 24.9 Å². The molecule has 1 heterocycles. The molecule has 128 valence electrons. The number of amides is 1. The Bertz CT molecular complexity index is 662. The lowest BCUT2D eigenvalue weighted by molar-refractivity contribution is -0.128. The third-order valence-corrected chi connectivity index (χ3v) is 4.52. The molecule has 0 aliphatic heterocycles. The summed E-state index contributed by atoms with van der Waals surface area (Å²) in [5.41, 5.74) is 0.669. The van der Waals surface area contributed by atoms with E-state index in [9.17, 15) is 9.90 Å². The van der Waals surface area contributed by atoms with E-state index in [1.54, 1.807) is 19.1 Å². The summed E-state index contributed by atoms with van der Waals surface area (Å²) in [7, 11) is 0. The van der Waals surface area contributed by atoms with E-state index in [1.165, 1.54) is 11.0 Å². The molecule has 1 fully saturated rings. The molecule has 2 aromatic rings. The van der Waals surface area contributed by atoms with Gasteiger partial charge in [-0.25, -0.2) is 4.68 Å². The summed E-state index contributed by atoms with van der Waals surface area (Å²) in [6, 6.07) is 7.15. The average molecular weight is 331 g/mol. The van der Waals surface area contributed by atoms with Gasteiger partial charge in [-0.2, -0.15) is 0 Å². The molecule has 1 aromatic heterocycles. The Hall–Kier alpha value is -2.48. The smallest absolute Gasteiger partial charge is 0.260 e. The van der Waals surface area contributed by atoms with Gasteiger partial charge in [-0.15, -0.1) is 5.10 Å². The van der Waals surface area contributed by atoms with E-state index in [1.807, 2.05) is 12.1 Å². The van der Waals surface area contributed by atoms with Gasteiger partial charge in [0.05, 0.1) is 12.3 Å². The second kappa shape index (κ2) is 6.96. The second-order valence-electron chi connectivity index (χ2n) is 6.24. The fraction of sp³-hybridized carbons (Fsp3) is 0.500. The number of aliphatic hydroxyl groups excluding tert-OH is 1. The molecule has 0 spiro atoms. The first-order valence-corrected chi connectivity index (χ1v) is 8.01. The SMILES string of the molecule is CC(Oc1ccc(-n2cnnn2)cc1)C(=O)NCC1(CO)CCC1. The molecular formula is C16H21N5O3. The zero-order valence-electron chi connectivity index (χ0n) is 13.6. The molecule has 1 saturated carbocycles. The van der Waals surface area contributed by atoms with E-state index in [2.05, 4.69) is 20.8 Å². The fourth-order valence-corrected chi connectivity index (χ4v) is 2.70. The van der Waals surface area contributed by atoms with E-state index in [4.69, 9.17) is 4.74 Å². The van der Waals surface area contributed by atoms with Crippen LogP contribution in [0, 0.1) is 5.41 Å². The van der Waals surface area contributed by atoms with Crippen LogP contribution < -0.4 is 10.1 Å². The number of rotatable bonds is 7. The van der Waals surface area contributed by atoms with Crippen LogP contribution in [0.25, 0.3) is 5.69 Å². The summed E-state index contributed by atoms with van der Waals surface area (Å²) in [6.45, 7) is 2.31. The highest BCUT2D eigenvalue weighted by molar-refractivity contribution is 5.80. The number of benzene rings is 1. The first-order chi connectivity index (χ1) is 11.6. The minimum Gasteiger partial charge on any atom is -0.481 e. The molecular weight excluding hydrogens is 310 g/mol. The minimum atomic E-state index is -0.611. The highest BCUT2D eigenvalue weighted by atomic mass is 16.5. The summed E-state index contributed by atoms with van der Waals surface area (Å²) in [4.78, 5) is 12.2. The Balaban J connectivity index is 1.52. The predicted molar refractivity (Wildman–Crippen MR) is 85.6 cm³/mol. The first kappa shape index (κ1) is 16.4. The number of ether oxygens (including phenoxy) is 1. The Labute approximate surface area is 139 Å². The summed E-state index contributed by atoms with van der Waals surface area (Å²) >= 11 is 0. The number of hydrogen-bond acceptors (Lipinski definition) is 6. The highest BCUT2D eigenvalue weighted by Crippen LogP contribution is 2.39. The monoisotopic (exact) mass is 331 g/mol. The largest absolute Gasteiger partial charge is 0.481 e. The van der Waals surface area contributed by atoms with Gasteiger partial charge in [0.15, 0.2) is 6.10 Å². The van der Waals surface area contributed by atoms with Gasteiger partial charge in [-0.05, 0) is 54.5 Å². The molecule has 1 aromatic carbocycles. The molecule has 1 aliphatic rings. The summed E-state index contributed by atoms with van der Waals surface area (Å²) in [6.07, 6.45) is 3.91. The van der Waals surface area contributed by atoms with Crippen molar-refractivity contribution in [2.75, 3.05) is 13.2 Å². The molecule has 0 bridgehead atoms. The van der Waals surface area contributed by atoms with Crippen LogP contribution in [-0.4, -0.2) is 50.5 Å². The Morgan fingerprint density at radius 1 is 1.42 bits per heavy atom. The van der Waals surface area contributed by atoms with Crippen LogP contribution in [0.5, 0.6) is 5.75 Å². The quantitative estimate of drug-likeness (QED) is 0.775. The van der Waals surface area contributed by atoms with Gasteiger partial charge in [-0.1, -0.05) is 6.42 Å². The molecule has 1 aliphatic carbocycles. The zero-order chi connectivity index (χ0) is 17.0. The number of aliphatic hydroxyl groups is 1. The van der Waals surface area contributed by atoms with Crippen LogP contribution in [0.3, 0.4) is 0 Å². The Morgan fingerprint density at radius 2 is 2.17 bits per heavy atom. The van der Waals surface area contributed by atoms with Crippen LogP contribution in [0.1, 0.15) is 26.2 Å². The van der Waals surface area contributed by atoms with Gasteiger partial charge in [-0.3, -0.25) is 4.79 Å². The molecule has 8 heteroatoms. The lowest BCUT2D eigenvalue weighted by Gasteiger charge is -2.40. The van der Waals surface area contributed by atoms with Gasteiger partial charge in [0.25, 0.3) is 5.91 Å². The van der Waals surface area contributed by atoms with Gasteiger partial charge in [0.2, 0.25) is 0 Å². The second-order valence-corrected chi connectivity index (χ2v) is 6.24. The van der Waals surface area contributed by atoms with E-state index >= 15 is 0 Å². The number of nitrogens with one attached hydrogen (secondary N) is 1. The van der Waals surface area contributed by atoms with E-state index in [-0.39, 0.29) is 17.9 Å². The number of tetrazole rings is 1. The third kappa shape index (κ3) is 3.53. The van der Waals surface area contributed by atoms with Crippen LogP contribution in [0.2, 0.25) is 0 Å². The average Bonchev–Trinajstić information content (AvgIpc) is 3.09. The standard InChI is InChI=1S/C16H21N5O3/c1-12(15(23)17-9-16(10-22)7-2-8-16)24-14-5-3-13(4-6-14)21-11-18-19-20-21/h3-6,11-12,22H,2,7-10H2,1H3,(H,17,23). The van der Waals surface area contributed by atoms with E-state index in [0.29, 0.717) is 12.3 Å². The lowest BCUT2D eigenvalue weighted by atomic mass is 9.69. The van der Waals surface area contributed by atoms with Crippen molar-refractivity contribution in [1.82, 2.24) is 25.5 Å². The predicted octanol–water partition coefficient (Wildman–Crippen LogP) is 0.708. The molecule has 24 heavy (non-hydrogen) atoms. The number of carbonyl (C=O) groups is 1. The Morgan fingerprint density at radius 3 is 2.71 bits per heavy atom. The van der Waals surface area contributed by atoms with Crippen LogP contribution >= 0.6 is 0 Å². The van der Waals surface area contributed by atoms with Crippen LogP contribution in [0.15, 0.2) is 30.6 Å². The van der Waals surface area contributed by atoms with Crippen molar-refractivity contribution in [3.8, 4) is 11.4 Å². The lowest BCUT2D eigenvalue weighted by Crippen LogP contribution is -2.47. The molecule has 0 saturated heterocycles. The van der Waals surface area contributed by atoms with Crippen molar-refractivity contribution >= 4 is 5.91 Å². The fourth-order valence-electron chi connectivity index (χ4n) is 2.70. The highest BCUT2D eigenvalue weighted by Gasteiger charge is 2.36. The van der Waals surface area contributed by atoms with Crippen LogP contribution in [0.4, 0.5) is 0 Å². The molecule has 2 N–H and O–H groups in total. The number of aromatic nitrogens is 4. The summed E-state index contributed by atoms with van der Waals surface area (Å²) in [5.74, 6) is 0.411. The maximum Gasteiger partial charge on any atom is 0.260 e. The first-order valence-electron chi connectivity index (χ1n) is 8.01. The summed E-state index contributed by atoms with van der Waals surface area (Å²) in [5, 5.41) is 23.3. The van der Waals surface area contributed by atoms with Gasteiger partial charge >= 0.3 is 0 Å². The maximum atomic E-state index is 12.2. The van der Waals surface area contributed by atoms with Crippen molar-refractivity contribution in [2.24, 2.45) is 5.41 Å². The van der Waals surface area contributed by atoms with Crippen molar-refractivity contribution in [1.29, 1.82) is 0 Å². The molecule has 1 atom stereocenters. The van der Waals surface area contributed by atoms with Gasteiger partial charge in [0, 0.05) is 12.0 Å². The van der Waals surface area contributed by atoms with Crippen molar-refractivity contribution < 1.29 is 14.6 Å². The summed E-state index contributed by atoms with van der Waals surface area (Å²) < 4.78 is 7.20. The van der Waals surface area contributed by atoms with E-state index < -0.39 is 6.10 Å². The molecule has 1 amide bonds.